The molecule has 0 spiro atoms. The number of phenols is 1. The van der Waals surface area contributed by atoms with Crippen LogP contribution in [0.15, 0.2) is 66.9 Å². The molecular formula is C29H32FN3O4. The van der Waals surface area contributed by atoms with Crippen LogP contribution in [0.2, 0.25) is 0 Å². The van der Waals surface area contributed by atoms with E-state index in [1.165, 1.54) is 24.3 Å². The molecule has 8 heteroatoms. The fraction of sp³-hybridized carbons (Fsp3) is 0.345. The number of rotatable bonds is 10. The minimum absolute atomic E-state index is 0.0262. The van der Waals surface area contributed by atoms with Crippen molar-refractivity contribution < 1.29 is 23.8 Å². The molecule has 0 unspecified atom stereocenters. The lowest BCUT2D eigenvalue weighted by molar-refractivity contribution is 0.0973. The summed E-state index contributed by atoms with van der Waals surface area (Å²) in [6.45, 7) is 0.273. The molecule has 1 heterocycles. The molecule has 0 saturated heterocycles. The Balaban J connectivity index is 1.16. The normalized spacial score (nSPS) is 17.1. The van der Waals surface area contributed by atoms with E-state index in [1.54, 1.807) is 36.5 Å². The summed E-state index contributed by atoms with van der Waals surface area (Å²) >= 11 is 0. The number of halogens is 1. The van der Waals surface area contributed by atoms with Gasteiger partial charge in [0.15, 0.2) is 5.78 Å². The molecule has 1 fully saturated rings. The molecule has 194 valence electrons. The summed E-state index contributed by atoms with van der Waals surface area (Å²) in [5, 5.41) is 15.6. The summed E-state index contributed by atoms with van der Waals surface area (Å²) in [5.41, 5.74) is 1.10. The summed E-state index contributed by atoms with van der Waals surface area (Å²) < 4.78 is 18.9. The van der Waals surface area contributed by atoms with Crippen molar-refractivity contribution >= 4 is 11.8 Å². The fourth-order valence-corrected chi connectivity index (χ4v) is 4.65. The molecule has 0 aliphatic heterocycles. The Hall–Kier alpha value is -3.94. The maximum atomic E-state index is 13.2. The number of hydrogen-bond acceptors (Lipinski definition) is 5. The maximum Gasteiger partial charge on any atom is 0.315 e. The molecule has 7 nitrogen and oxygen atoms in total. The number of pyridine rings is 1. The van der Waals surface area contributed by atoms with Gasteiger partial charge in [0, 0.05) is 30.8 Å². The van der Waals surface area contributed by atoms with Crippen molar-refractivity contribution in [2.75, 3.05) is 0 Å². The van der Waals surface area contributed by atoms with Gasteiger partial charge in [0.2, 0.25) is 5.88 Å². The number of nitrogens with zero attached hydrogens (tertiary/aromatic N) is 1. The third-order valence-corrected chi connectivity index (χ3v) is 6.73. The Morgan fingerprint density at radius 3 is 2.51 bits per heavy atom. The van der Waals surface area contributed by atoms with Crippen LogP contribution < -0.4 is 15.4 Å². The SMILES string of the molecule is O=C(NCc1ccccc1O)NC1CCC(CCCC(=O)c2cccnc2Oc2ccc(F)cc2)CC1. The van der Waals surface area contributed by atoms with E-state index in [0.29, 0.717) is 29.2 Å². The summed E-state index contributed by atoms with van der Waals surface area (Å²) in [5.74, 6) is 0.961. The zero-order chi connectivity index (χ0) is 26.0. The number of ketones is 1. The van der Waals surface area contributed by atoms with Crippen LogP contribution in [0.3, 0.4) is 0 Å². The first-order chi connectivity index (χ1) is 18.0. The van der Waals surface area contributed by atoms with Crippen molar-refractivity contribution in [3.63, 3.8) is 0 Å². The highest BCUT2D eigenvalue weighted by atomic mass is 19.1. The van der Waals surface area contributed by atoms with Crippen LogP contribution in [0.5, 0.6) is 17.4 Å². The van der Waals surface area contributed by atoms with Gasteiger partial charge in [0.05, 0.1) is 5.56 Å². The number of urea groups is 1. The molecule has 1 aliphatic carbocycles. The lowest BCUT2D eigenvalue weighted by atomic mass is 9.83. The van der Waals surface area contributed by atoms with Gasteiger partial charge >= 0.3 is 6.03 Å². The van der Waals surface area contributed by atoms with Gasteiger partial charge in [-0.1, -0.05) is 24.6 Å². The molecule has 0 bridgehead atoms. The Labute approximate surface area is 216 Å². The van der Waals surface area contributed by atoms with E-state index in [2.05, 4.69) is 15.6 Å². The molecule has 1 aliphatic rings. The average molecular weight is 506 g/mol. The lowest BCUT2D eigenvalue weighted by Gasteiger charge is -2.29. The zero-order valence-electron chi connectivity index (χ0n) is 20.7. The van der Waals surface area contributed by atoms with E-state index < -0.39 is 0 Å². The van der Waals surface area contributed by atoms with Gasteiger partial charge in [0.1, 0.15) is 17.3 Å². The number of benzene rings is 2. The number of amides is 2. The summed E-state index contributed by atoms with van der Waals surface area (Å²) in [7, 11) is 0. The first kappa shape index (κ1) is 26.1. The largest absolute Gasteiger partial charge is 0.508 e. The van der Waals surface area contributed by atoms with E-state index in [0.717, 1.165) is 38.5 Å². The van der Waals surface area contributed by atoms with Crippen LogP contribution in [0.1, 0.15) is 60.9 Å². The minimum atomic E-state index is -0.359. The molecular weight excluding hydrogens is 473 g/mol. The number of hydrogen-bond donors (Lipinski definition) is 3. The highest BCUT2D eigenvalue weighted by Gasteiger charge is 2.23. The smallest absolute Gasteiger partial charge is 0.315 e. The summed E-state index contributed by atoms with van der Waals surface area (Å²) in [4.78, 5) is 29.3. The molecule has 0 radical (unpaired) electrons. The number of aromatic hydroxyl groups is 1. The topological polar surface area (TPSA) is 101 Å². The van der Waals surface area contributed by atoms with E-state index in [4.69, 9.17) is 4.74 Å². The second kappa shape index (κ2) is 12.9. The van der Waals surface area contributed by atoms with Crippen LogP contribution in [0.4, 0.5) is 9.18 Å². The number of Topliss-reactive ketones (excluding diaryl/α,β-unsaturated/α-hetero) is 1. The summed E-state index contributed by atoms with van der Waals surface area (Å²) in [6.07, 6.45) is 7.50. The van der Waals surface area contributed by atoms with Crippen LogP contribution in [-0.2, 0) is 6.54 Å². The number of nitrogens with one attached hydrogen (secondary N) is 2. The third kappa shape index (κ3) is 7.77. The number of carbonyl (C=O) groups is 2. The van der Waals surface area contributed by atoms with Gasteiger partial charge in [-0.2, -0.15) is 0 Å². The second-order valence-corrected chi connectivity index (χ2v) is 9.40. The third-order valence-electron chi connectivity index (χ3n) is 6.73. The summed E-state index contributed by atoms with van der Waals surface area (Å²) in [6, 6.07) is 15.8. The molecule has 1 aromatic heterocycles. The van der Waals surface area contributed by atoms with Gasteiger partial charge in [0.25, 0.3) is 0 Å². The van der Waals surface area contributed by atoms with Crippen LogP contribution >= 0.6 is 0 Å². The Bertz CT molecular complexity index is 1190. The zero-order valence-corrected chi connectivity index (χ0v) is 20.7. The second-order valence-electron chi connectivity index (χ2n) is 9.40. The number of aromatic nitrogens is 1. The molecule has 2 amide bonds. The number of para-hydroxylation sites is 1. The Morgan fingerprint density at radius 1 is 1.00 bits per heavy atom. The first-order valence-electron chi connectivity index (χ1n) is 12.7. The van der Waals surface area contributed by atoms with Crippen molar-refractivity contribution in [2.45, 2.75) is 57.5 Å². The van der Waals surface area contributed by atoms with Crippen LogP contribution in [0.25, 0.3) is 0 Å². The minimum Gasteiger partial charge on any atom is -0.508 e. The van der Waals surface area contributed by atoms with Crippen molar-refractivity contribution in [3.8, 4) is 17.4 Å². The van der Waals surface area contributed by atoms with Gasteiger partial charge in [-0.25, -0.2) is 14.2 Å². The average Bonchev–Trinajstić information content (AvgIpc) is 2.91. The highest BCUT2D eigenvalue weighted by molar-refractivity contribution is 5.98. The Morgan fingerprint density at radius 2 is 1.76 bits per heavy atom. The lowest BCUT2D eigenvalue weighted by Crippen LogP contribution is -2.43. The maximum absolute atomic E-state index is 13.2. The van der Waals surface area contributed by atoms with Crippen LogP contribution in [-0.4, -0.2) is 27.9 Å². The molecule has 3 aromatic rings. The van der Waals surface area contributed by atoms with E-state index in [9.17, 15) is 19.1 Å². The number of phenolic OH excluding ortho intramolecular Hbond substituents is 1. The van der Waals surface area contributed by atoms with Crippen LogP contribution in [0, 0.1) is 11.7 Å². The molecule has 0 atom stereocenters. The first-order valence-corrected chi connectivity index (χ1v) is 12.7. The van der Waals surface area contributed by atoms with Gasteiger partial charge in [-0.15, -0.1) is 0 Å². The Kier molecular flexibility index (Phi) is 9.08. The standard InChI is InChI=1S/C29H32FN3O4/c30-22-12-16-24(17-13-22)37-28-25(7-4-18-31-28)27(35)9-3-5-20-10-14-23(15-11-20)33-29(36)32-19-21-6-1-2-8-26(21)34/h1-2,4,6-8,12-13,16-18,20,23,34H,3,5,9-11,14-15,19H2,(H2,32,33,36). The molecule has 2 aromatic carbocycles. The van der Waals surface area contributed by atoms with Crippen molar-refractivity contribution in [1.29, 1.82) is 0 Å². The monoisotopic (exact) mass is 505 g/mol. The van der Waals surface area contributed by atoms with Crippen molar-refractivity contribution in [1.82, 2.24) is 15.6 Å². The highest BCUT2D eigenvalue weighted by Crippen LogP contribution is 2.30. The molecule has 3 N–H and O–H groups in total. The van der Waals surface area contributed by atoms with Gasteiger partial charge in [-0.3, -0.25) is 4.79 Å². The number of carbonyl (C=O) groups excluding carboxylic acids is 2. The van der Waals surface area contributed by atoms with Crippen molar-refractivity contribution in [3.05, 3.63) is 83.8 Å². The predicted molar refractivity (Wildman–Crippen MR) is 138 cm³/mol. The quantitative estimate of drug-likeness (QED) is 0.288. The van der Waals surface area contributed by atoms with E-state index >= 15 is 0 Å². The van der Waals surface area contributed by atoms with E-state index in [1.807, 2.05) is 6.07 Å². The molecule has 4 rings (SSSR count). The predicted octanol–water partition coefficient (Wildman–Crippen LogP) is 6.13. The van der Waals surface area contributed by atoms with E-state index in [-0.39, 0.29) is 41.8 Å². The molecule has 37 heavy (non-hydrogen) atoms. The molecule has 1 saturated carbocycles. The van der Waals surface area contributed by atoms with Crippen molar-refractivity contribution in [2.24, 2.45) is 5.92 Å². The number of ether oxygens (including phenoxy) is 1. The van der Waals surface area contributed by atoms with Gasteiger partial charge < -0.3 is 20.5 Å². The van der Waals surface area contributed by atoms with Gasteiger partial charge in [-0.05, 0) is 80.5 Å². The fourth-order valence-electron chi connectivity index (χ4n) is 4.65.